The van der Waals surface area contributed by atoms with E-state index >= 15 is 0 Å². The van der Waals surface area contributed by atoms with Crippen LogP contribution in [0.5, 0.6) is 0 Å². The number of methoxy groups -OCH3 is 1. The summed E-state index contributed by atoms with van der Waals surface area (Å²) in [4.78, 5) is 16.0. The number of benzene rings is 2. The monoisotopic (exact) mass is 434 g/mol. The van der Waals surface area contributed by atoms with Gasteiger partial charge in [-0.1, -0.05) is 48.6 Å². The van der Waals surface area contributed by atoms with Gasteiger partial charge in [0.1, 0.15) is 5.41 Å². The Hall–Kier alpha value is -2.90. The van der Waals surface area contributed by atoms with E-state index in [4.69, 9.17) is 4.74 Å². The van der Waals surface area contributed by atoms with E-state index in [1.54, 1.807) is 30.3 Å². The number of carbonyl (C=O) groups excluding carboxylic acids is 1. The smallest absolute Gasteiger partial charge is 0.319 e. The Bertz CT molecular complexity index is 1360. The highest BCUT2D eigenvalue weighted by Gasteiger charge is 2.61. The van der Waals surface area contributed by atoms with E-state index in [-0.39, 0.29) is 22.8 Å². The van der Waals surface area contributed by atoms with Gasteiger partial charge >= 0.3 is 5.97 Å². The molecule has 4 aliphatic rings. The molecule has 4 heterocycles. The number of hydrogen-bond acceptors (Lipinski definition) is 5. The number of carbonyl (C=O) groups is 1. The van der Waals surface area contributed by atoms with Gasteiger partial charge in [0.15, 0.2) is 0 Å². The zero-order valence-electron chi connectivity index (χ0n) is 17.1. The quantitative estimate of drug-likeness (QED) is 0.468. The van der Waals surface area contributed by atoms with Crippen LogP contribution in [-0.2, 0) is 31.5 Å². The van der Waals surface area contributed by atoms with Crippen LogP contribution in [0.4, 0.5) is 0 Å². The molecule has 7 heteroatoms. The standard InChI is InChI=1S/C24H22N2O4S/c1-30-23(27)24-13-16-11-12-21(24)25(14-16)15-19-18-9-5-6-10-20(18)26(22(19)24)31(28,29)17-7-3-2-4-8-17/h2-12,16,21H,13-15H2,1H3/t16-,21+,24+/m0/s1. The molecule has 1 aromatic heterocycles. The van der Waals surface area contributed by atoms with Gasteiger partial charge in [-0.3, -0.25) is 9.69 Å². The van der Waals surface area contributed by atoms with Crippen molar-refractivity contribution in [1.29, 1.82) is 0 Å². The average molecular weight is 435 g/mol. The molecule has 4 atom stereocenters. The van der Waals surface area contributed by atoms with E-state index in [1.165, 1.54) is 11.1 Å². The van der Waals surface area contributed by atoms with Gasteiger partial charge in [-0.2, -0.15) is 0 Å². The highest BCUT2D eigenvalue weighted by molar-refractivity contribution is 7.90. The number of ether oxygens (including phenoxy) is 1. The van der Waals surface area contributed by atoms with E-state index in [1.807, 2.05) is 24.3 Å². The van der Waals surface area contributed by atoms with Crippen LogP contribution in [0.1, 0.15) is 17.7 Å². The minimum absolute atomic E-state index is 0.183. The maximum Gasteiger partial charge on any atom is 0.319 e. The summed E-state index contributed by atoms with van der Waals surface area (Å²) in [5.41, 5.74) is 1.03. The van der Waals surface area contributed by atoms with Crippen LogP contribution < -0.4 is 0 Å². The fourth-order valence-corrected chi connectivity index (χ4v) is 7.57. The van der Waals surface area contributed by atoms with E-state index in [9.17, 15) is 13.2 Å². The molecule has 0 amide bonds. The molecule has 3 aromatic rings. The van der Waals surface area contributed by atoms with Crippen molar-refractivity contribution < 1.29 is 17.9 Å². The van der Waals surface area contributed by atoms with Gasteiger partial charge in [0.25, 0.3) is 10.0 Å². The molecule has 2 aromatic carbocycles. The first-order valence-corrected chi connectivity index (χ1v) is 11.9. The number of nitrogens with zero attached hydrogens (tertiary/aromatic N) is 2. The summed E-state index contributed by atoms with van der Waals surface area (Å²) in [5.74, 6) is -0.187. The molecule has 1 fully saturated rings. The number of aromatic nitrogens is 1. The predicted octanol–water partition coefficient (Wildman–Crippen LogP) is 3.06. The SMILES string of the molecule is COC(=O)[C@]12C[C@@H]3C=C[C@H]1N(Cc1c2n(S(=O)(=O)c2ccccc2)c2ccccc12)C3. The van der Waals surface area contributed by atoms with Crippen LogP contribution in [0, 0.1) is 5.92 Å². The molecule has 0 radical (unpaired) electrons. The third-order valence-electron chi connectivity index (χ3n) is 7.07. The van der Waals surface area contributed by atoms with Crippen molar-refractivity contribution in [2.75, 3.05) is 13.7 Å². The van der Waals surface area contributed by atoms with Crippen LogP contribution in [0.3, 0.4) is 0 Å². The third-order valence-corrected chi connectivity index (χ3v) is 8.80. The first-order chi connectivity index (χ1) is 15.0. The highest BCUT2D eigenvalue weighted by Crippen LogP contribution is 2.54. The first kappa shape index (κ1) is 18.8. The molecule has 3 aliphatic heterocycles. The first-order valence-electron chi connectivity index (χ1n) is 10.4. The summed E-state index contributed by atoms with van der Waals surface area (Å²) >= 11 is 0. The van der Waals surface area contributed by atoms with Crippen molar-refractivity contribution in [2.24, 2.45) is 5.92 Å². The molecule has 0 spiro atoms. The number of piperidine rings is 1. The van der Waals surface area contributed by atoms with Gasteiger partial charge < -0.3 is 4.74 Å². The molecule has 1 saturated heterocycles. The second kappa shape index (κ2) is 6.31. The summed E-state index contributed by atoms with van der Waals surface area (Å²) < 4.78 is 34.7. The van der Waals surface area contributed by atoms with Crippen LogP contribution in [0.15, 0.2) is 71.6 Å². The van der Waals surface area contributed by atoms with Crippen molar-refractivity contribution in [3.8, 4) is 0 Å². The maximum atomic E-state index is 14.0. The average Bonchev–Trinajstić information content (AvgIpc) is 3.15. The van der Waals surface area contributed by atoms with Gasteiger partial charge in [0.05, 0.1) is 29.3 Å². The van der Waals surface area contributed by atoms with Crippen LogP contribution in [-0.4, -0.2) is 43.0 Å². The Morgan fingerprint density at radius 2 is 1.81 bits per heavy atom. The maximum absolute atomic E-state index is 14.0. The Balaban J connectivity index is 1.76. The molecule has 1 unspecified atom stereocenters. The molecule has 0 saturated carbocycles. The van der Waals surface area contributed by atoms with Crippen molar-refractivity contribution in [1.82, 2.24) is 8.87 Å². The van der Waals surface area contributed by atoms with Crippen molar-refractivity contribution in [3.05, 3.63) is 78.0 Å². The zero-order valence-corrected chi connectivity index (χ0v) is 17.9. The number of esters is 1. The molecular formula is C24H22N2O4S. The molecule has 31 heavy (non-hydrogen) atoms. The minimum Gasteiger partial charge on any atom is -0.468 e. The van der Waals surface area contributed by atoms with E-state index in [0.29, 0.717) is 24.2 Å². The summed E-state index contributed by atoms with van der Waals surface area (Å²) in [7, 11) is -2.54. The van der Waals surface area contributed by atoms with Gasteiger partial charge in [-0.25, -0.2) is 12.4 Å². The molecule has 158 valence electrons. The van der Waals surface area contributed by atoms with Gasteiger partial charge in [-0.05, 0) is 36.1 Å². The van der Waals surface area contributed by atoms with Crippen LogP contribution in [0.2, 0.25) is 0 Å². The Labute approximate surface area is 180 Å². The topological polar surface area (TPSA) is 68.6 Å². The second-order valence-electron chi connectivity index (χ2n) is 8.61. The van der Waals surface area contributed by atoms with E-state index in [0.717, 1.165) is 17.5 Å². The van der Waals surface area contributed by atoms with Crippen molar-refractivity contribution >= 4 is 26.9 Å². The van der Waals surface area contributed by atoms with Crippen molar-refractivity contribution in [2.45, 2.75) is 29.3 Å². The lowest BCUT2D eigenvalue weighted by atomic mass is 9.61. The summed E-state index contributed by atoms with van der Waals surface area (Å²) in [5, 5.41) is 0.872. The Morgan fingerprint density at radius 3 is 2.55 bits per heavy atom. The van der Waals surface area contributed by atoms with Gasteiger partial charge in [0, 0.05) is 18.5 Å². The number of fused-ring (bicyclic) bond motifs is 3. The third kappa shape index (κ3) is 2.30. The lowest BCUT2D eigenvalue weighted by Gasteiger charge is -2.55. The van der Waals surface area contributed by atoms with Crippen LogP contribution in [0.25, 0.3) is 10.9 Å². The Kier molecular flexibility index (Phi) is 3.83. The Morgan fingerprint density at radius 1 is 1.06 bits per heavy atom. The number of hydrogen-bond donors (Lipinski definition) is 0. The molecule has 7 rings (SSSR count). The molecule has 0 N–H and O–H groups in total. The summed E-state index contributed by atoms with van der Waals surface area (Å²) in [6.45, 7) is 1.47. The fraction of sp³-hybridized carbons (Fsp3) is 0.292. The van der Waals surface area contributed by atoms with E-state index in [2.05, 4.69) is 17.1 Å². The largest absolute Gasteiger partial charge is 0.468 e. The minimum atomic E-state index is -3.93. The lowest BCUT2D eigenvalue weighted by Crippen LogP contribution is -2.65. The van der Waals surface area contributed by atoms with Crippen molar-refractivity contribution in [3.63, 3.8) is 0 Å². The van der Waals surface area contributed by atoms with Crippen LogP contribution >= 0.6 is 0 Å². The summed E-state index contributed by atoms with van der Waals surface area (Å²) in [6.07, 6.45) is 4.77. The van der Waals surface area contributed by atoms with Gasteiger partial charge in [0.2, 0.25) is 0 Å². The normalized spacial score (nSPS) is 28.5. The highest BCUT2D eigenvalue weighted by atomic mass is 32.2. The predicted molar refractivity (Wildman–Crippen MR) is 116 cm³/mol. The lowest BCUT2D eigenvalue weighted by molar-refractivity contribution is -0.155. The molecule has 1 aliphatic carbocycles. The molecule has 6 nitrogen and oxygen atoms in total. The van der Waals surface area contributed by atoms with E-state index < -0.39 is 15.4 Å². The zero-order chi connectivity index (χ0) is 21.4. The summed E-state index contributed by atoms with van der Waals surface area (Å²) in [6, 6.07) is 15.7. The molecular weight excluding hydrogens is 412 g/mol. The number of rotatable bonds is 3. The second-order valence-corrected chi connectivity index (χ2v) is 10.4. The number of para-hydroxylation sites is 1. The molecule has 4 bridgehead atoms. The van der Waals surface area contributed by atoms with Gasteiger partial charge in [-0.15, -0.1) is 0 Å². The fourth-order valence-electron chi connectivity index (χ4n) is 5.92.